The largest absolute Gasteiger partial charge is 0.377 e. The molecule has 0 amide bonds. The van der Waals surface area contributed by atoms with Crippen molar-refractivity contribution in [2.75, 3.05) is 13.2 Å². The van der Waals surface area contributed by atoms with E-state index in [1.54, 1.807) is 0 Å². The SMILES string of the molecule is c1ccc(COCCCNC2CCCC2)cc1. The van der Waals surface area contributed by atoms with Crippen LogP contribution in [0.3, 0.4) is 0 Å². The second kappa shape index (κ2) is 7.46. The molecule has 94 valence electrons. The van der Waals surface area contributed by atoms with E-state index in [2.05, 4.69) is 29.6 Å². The van der Waals surface area contributed by atoms with Gasteiger partial charge in [-0.15, -0.1) is 0 Å². The van der Waals surface area contributed by atoms with E-state index in [0.717, 1.165) is 32.2 Å². The Morgan fingerprint density at radius 1 is 1.12 bits per heavy atom. The molecule has 1 aliphatic carbocycles. The van der Waals surface area contributed by atoms with Gasteiger partial charge in [0.1, 0.15) is 0 Å². The molecule has 1 fully saturated rings. The zero-order valence-electron chi connectivity index (χ0n) is 10.5. The van der Waals surface area contributed by atoms with Gasteiger partial charge in [-0.2, -0.15) is 0 Å². The van der Waals surface area contributed by atoms with E-state index in [0.29, 0.717) is 0 Å². The fourth-order valence-corrected chi connectivity index (χ4v) is 2.37. The highest BCUT2D eigenvalue weighted by atomic mass is 16.5. The third kappa shape index (κ3) is 4.88. The third-order valence-corrected chi connectivity index (χ3v) is 3.37. The molecule has 0 saturated heterocycles. The molecule has 0 heterocycles. The smallest absolute Gasteiger partial charge is 0.0716 e. The predicted molar refractivity (Wildman–Crippen MR) is 71.0 cm³/mol. The molecule has 1 aromatic carbocycles. The van der Waals surface area contributed by atoms with Gasteiger partial charge in [0.2, 0.25) is 0 Å². The molecule has 1 aromatic rings. The van der Waals surface area contributed by atoms with Crippen LogP contribution in [0.1, 0.15) is 37.7 Å². The van der Waals surface area contributed by atoms with Gasteiger partial charge in [0, 0.05) is 12.6 Å². The van der Waals surface area contributed by atoms with Crippen LogP contribution >= 0.6 is 0 Å². The van der Waals surface area contributed by atoms with Crippen molar-refractivity contribution in [2.45, 2.75) is 44.8 Å². The Morgan fingerprint density at radius 3 is 2.65 bits per heavy atom. The van der Waals surface area contributed by atoms with Crippen LogP contribution in [0.2, 0.25) is 0 Å². The molecule has 0 atom stereocenters. The lowest BCUT2D eigenvalue weighted by atomic mass is 10.2. The first-order valence-electron chi connectivity index (χ1n) is 6.80. The van der Waals surface area contributed by atoms with Crippen molar-refractivity contribution in [3.63, 3.8) is 0 Å². The van der Waals surface area contributed by atoms with Crippen molar-refractivity contribution in [1.29, 1.82) is 0 Å². The average Bonchev–Trinajstić information content (AvgIpc) is 2.88. The fraction of sp³-hybridized carbons (Fsp3) is 0.600. The van der Waals surface area contributed by atoms with E-state index in [1.807, 2.05) is 6.07 Å². The maximum atomic E-state index is 5.64. The summed E-state index contributed by atoms with van der Waals surface area (Å²) in [7, 11) is 0. The molecule has 2 nitrogen and oxygen atoms in total. The summed E-state index contributed by atoms with van der Waals surface area (Å²) in [5.41, 5.74) is 1.26. The Hall–Kier alpha value is -0.860. The summed E-state index contributed by atoms with van der Waals surface area (Å²) in [6.07, 6.45) is 6.66. The Balaban J connectivity index is 1.46. The number of rotatable bonds is 7. The van der Waals surface area contributed by atoms with Gasteiger partial charge in [0.05, 0.1) is 6.61 Å². The van der Waals surface area contributed by atoms with E-state index in [4.69, 9.17) is 4.74 Å². The minimum absolute atomic E-state index is 0.740. The number of nitrogens with one attached hydrogen (secondary N) is 1. The Morgan fingerprint density at radius 2 is 1.88 bits per heavy atom. The molecule has 0 unspecified atom stereocenters. The lowest BCUT2D eigenvalue weighted by Gasteiger charge is -2.11. The van der Waals surface area contributed by atoms with E-state index >= 15 is 0 Å². The van der Waals surface area contributed by atoms with Crippen LogP contribution in [0.15, 0.2) is 30.3 Å². The summed E-state index contributed by atoms with van der Waals surface area (Å²) in [5.74, 6) is 0. The molecule has 0 aromatic heterocycles. The minimum atomic E-state index is 0.740. The van der Waals surface area contributed by atoms with Gasteiger partial charge in [-0.3, -0.25) is 0 Å². The number of hydrogen-bond acceptors (Lipinski definition) is 2. The molecule has 0 bridgehead atoms. The minimum Gasteiger partial charge on any atom is -0.377 e. The van der Waals surface area contributed by atoms with Crippen LogP contribution in [-0.2, 0) is 11.3 Å². The van der Waals surface area contributed by atoms with Gasteiger partial charge >= 0.3 is 0 Å². The van der Waals surface area contributed by atoms with Crippen LogP contribution in [-0.4, -0.2) is 19.2 Å². The standard InChI is InChI=1S/C15H23NO/c1-2-7-14(8-3-1)13-17-12-6-11-16-15-9-4-5-10-15/h1-3,7-8,15-16H,4-6,9-13H2. The molecule has 17 heavy (non-hydrogen) atoms. The van der Waals surface area contributed by atoms with Crippen LogP contribution in [0, 0.1) is 0 Å². The van der Waals surface area contributed by atoms with Crippen LogP contribution in [0.4, 0.5) is 0 Å². The quantitative estimate of drug-likeness (QED) is 0.731. The van der Waals surface area contributed by atoms with E-state index in [-0.39, 0.29) is 0 Å². The summed E-state index contributed by atoms with van der Waals surface area (Å²) < 4.78 is 5.64. The Labute approximate surface area is 104 Å². The number of benzene rings is 1. The topological polar surface area (TPSA) is 21.3 Å². The highest BCUT2D eigenvalue weighted by molar-refractivity contribution is 5.13. The van der Waals surface area contributed by atoms with Gasteiger partial charge < -0.3 is 10.1 Å². The van der Waals surface area contributed by atoms with Crippen molar-refractivity contribution in [2.24, 2.45) is 0 Å². The zero-order chi connectivity index (χ0) is 11.8. The molecule has 0 aliphatic heterocycles. The summed E-state index contributed by atoms with van der Waals surface area (Å²) in [5, 5.41) is 3.60. The van der Waals surface area contributed by atoms with E-state index in [1.165, 1.54) is 31.2 Å². The van der Waals surface area contributed by atoms with E-state index in [9.17, 15) is 0 Å². The molecular weight excluding hydrogens is 210 g/mol. The van der Waals surface area contributed by atoms with Crippen molar-refractivity contribution in [1.82, 2.24) is 5.32 Å². The summed E-state index contributed by atoms with van der Waals surface area (Å²) in [4.78, 5) is 0. The maximum absolute atomic E-state index is 5.64. The highest BCUT2D eigenvalue weighted by Gasteiger charge is 2.12. The molecule has 1 aliphatic rings. The third-order valence-electron chi connectivity index (χ3n) is 3.37. The average molecular weight is 233 g/mol. The van der Waals surface area contributed by atoms with Gasteiger partial charge in [-0.1, -0.05) is 43.2 Å². The van der Waals surface area contributed by atoms with Crippen molar-refractivity contribution < 1.29 is 4.74 Å². The molecular formula is C15H23NO. The molecule has 1 saturated carbocycles. The lowest BCUT2D eigenvalue weighted by molar-refractivity contribution is 0.118. The lowest BCUT2D eigenvalue weighted by Crippen LogP contribution is -2.27. The number of hydrogen-bond donors (Lipinski definition) is 1. The zero-order valence-corrected chi connectivity index (χ0v) is 10.5. The molecule has 0 spiro atoms. The molecule has 2 rings (SSSR count). The second-order valence-corrected chi connectivity index (χ2v) is 4.83. The van der Waals surface area contributed by atoms with Crippen LogP contribution in [0.5, 0.6) is 0 Å². The van der Waals surface area contributed by atoms with E-state index < -0.39 is 0 Å². The molecule has 1 N–H and O–H groups in total. The Bertz CT molecular complexity index is 293. The maximum Gasteiger partial charge on any atom is 0.0716 e. The fourth-order valence-electron chi connectivity index (χ4n) is 2.37. The first kappa shape index (κ1) is 12.6. The molecule has 0 radical (unpaired) electrons. The Kier molecular flexibility index (Phi) is 5.53. The first-order chi connectivity index (χ1) is 8.45. The molecule has 2 heteroatoms. The van der Waals surface area contributed by atoms with Gasteiger partial charge in [0.25, 0.3) is 0 Å². The van der Waals surface area contributed by atoms with Crippen molar-refractivity contribution in [3.8, 4) is 0 Å². The first-order valence-corrected chi connectivity index (χ1v) is 6.80. The predicted octanol–water partition coefficient (Wildman–Crippen LogP) is 3.13. The van der Waals surface area contributed by atoms with Crippen molar-refractivity contribution in [3.05, 3.63) is 35.9 Å². The van der Waals surface area contributed by atoms with Gasteiger partial charge in [0.15, 0.2) is 0 Å². The van der Waals surface area contributed by atoms with Gasteiger partial charge in [-0.25, -0.2) is 0 Å². The normalized spacial score (nSPS) is 16.5. The summed E-state index contributed by atoms with van der Waals surface area (Å²) in [6.45, 7) is 2.69. The van der Waals surface area contributed by atoms with Crippen LogP contribution in [0.25, 0.3) is 0 Å². The monoisotopic (exact) mass is 233 g/mol. The summed E-state index contributed by atoms with van der Waals surface area (Å²) in [6, 6.07) is 11.1. The summed E-state index contributed by atoms with van der Waals surface area (Å²) >= 11 is 0. The second-order valence-electron chi connectivity index (χ2n) is 4.83. The van der Waals surface area contributed by atoms with Gasteiger partial charge in [-0.05, 0) is 31.4 Å². The van der Waals surface area contributed by atoms with Crippen molar-refractivity contribution >= 4 is 0 Å². The number of ether oxygens (including phenoxy) is 1. The highest BCUT2D eigenvalue weighted by Crippen LogP contribution is 2.17. The van der Waals surface area contributed by atoms with Crippen LogP contribution < -0.4 is 5.32 Å².